The Kier molecular flexibility index (Phi) is 24.4. The third kappa shape index (κ3) is 21.9. The maximum Gasteiger partial charge on any atom is 0.320 e. The highest BCUT2D eigenvalue weighted by atomic mass is 35.5. The van der Waals surface area contributed by atoms with E-state index in [2.05, 4.69) is 12.2 Å². The second-order valence-corrected chi connectivity index (χ2v) is 7.56. The van der Waals surface area contributed by atoms with E-state index in [1.807, 2.05) is 0 Å². The van der Waals surface area contributed by atoms with Crippen LogP contribution in [-0.2, 0) is 9.53 Å². The molecule has 6 nitrogen and oxygen atoms in total. The summed E-state index contributed by atoms with van der Waals surface area (Å²) in [5.74, 6) is -0.946. The van der Waals surface area contributed by atoms with E-state index in [-0.39, 0.29) is 12.4 Å². The zero-order valence-corrected chi connectivity index (χ0v) is 18.7. The monoisotopic (exact) mass is 424 g/mol. The molecule has 0 aliphatic rings. The molecular formula is C21H45ClN2O4. The molecule has 0 fully saturated rings. The summed E-state index contributed by atoms with van der Waals surface area (Å²) >= 11 is 0. The summed E-state index contributed by atoms with van der Waals surface area (Å²) < 4.78 is 5.53. The van der Waals surface area contributed by atoms with Gasteiger partial charge in [-0.15, -0.1) is 12.4 Å². The Morgan fingerprint density at radius 1 is 0.964 bits per heavy atom. The summed E-state index contributed by atoms with van der Waals surface area (Å²) in [4.78, 5) is 10.6. The third-order valence-electron chi connectivity index (χ3n) is 4.77. The molecule has 0 saturated heterocycles. The minimum Gasteiger partial charge on any atom is -0.480 e. The number of rotatable bonds is 21. The van der Waals surface area contributed by atoms with Crippen molar-refractivity contribution < 1.29 is 19.7 Å². The van der Waals surface area contributed by atoms with Gasteiger partial charge in [-0.2, -0.15) is 0 Å². The maximum atomic E-state index is 10.6. The van der Waals surface area contributed by atoms with Crippen molar-refractivity contribution in [2.75, 3.05) is 26.3 Å². The lowest BCUT2D eigenvalue weighted by Gasteiger charge is -2.12. The fourth-order valence-electron chi connectivity index (χ4n) is 2.98. The lowest BCUT2D eigenvalue weighted by molar-refractivity contribution is -0.138. The lowest BCUT2D eigenvalue weighted by atomic mass is 10.1. The number of aliphatic hydroxyl groups is 1. The molecule has 0 spiro atoms. The summed E-state index contributed by atoms with van der Waals surface area (Å²) in [7, 11) is 0. The number of nitrogens with one attached hydrogen (secondary N) is 1. The maximum absolute atomic E-state index is 10.6. The second-order valence-electron chi connectivity index (χ2n) is 7.56. The van der Waals surface area contributed by atoms with Gasteiger partial charge in [0.15, 0.2) is 0 Å². The Morgan fingerprint density at radius 2 is 1.54 bits per heavy atom. The normalized spacial score (nSPS) is 13.1. The van der Waals surface area contributed by atoms with Crippen molar-refractivity contribution in [3.8, 4) is 0 Å². The van der Waals surface area contributed by atoms with Crippen LogP contribution in [0.5, 0.6) is 0 Å². The average molecular weight is 425 g/mol. The van der Waals surface area contributed by atoms with E-state index < -0.39 is 18.1 Å². The summed E-state index contributed by atoms with van der Waals surface area (Å²) in [6.45, 7) is 4.60. The lowest BCUT2D eigenvalue weighted by Crippen LogP contribution is -2.32. The van der Waals surface area contributed by atoms with Crippen LogP contribution < -0.4 is 11.1 Å². The quantitative estimate of drug-likeness (QED) is 0.208. The number of ether oxygens (including phenoxy) is 1. The molecule has 7 heteroatoms. The highest BCUT2D eigenvalue weighted by Crippen LogP contribution is 2.10. The van der Waals surface area contributed by atoms with Crippen molar-refractivity contribution in [3.05, 3.63) is 0 Å². The Morgan fingerprint density at radius 3 is 2.11 bits per heavy atom. The van der Waals surface area contributed by atoms with E-state index >= 15 is 0 Å². The van der Waals surface area contributed by atoms with Crippen molar-refractivity contribution in [2.24, 2.45) is 5.73 Å². The van der Waals surface area contributed by atoms with Crippen LogP contribution >= 0.6 is 12.4 Å². The summed E-state index contributed by atoms with van der Waals surface area (Å²) in [6.07, 6.45) is 14.7. The molecule has 0 saturated carbocycles. The number of hydrogen-bond donors (Lipinski definition) is 4. The number of hydrogen-bond acceptors (Lipinski definition) is 5. The van der Waals surface area contributed by atoms with Gasteiger partial charge in [-0.1, -0.05) is 71.1 Å². The number of carboxylic acids is 1. The highest BCUT2D eigenvalue weighted by Gasteiger charge is 2.10. The molecule has 0 aliphatic heterocycles. The van der Waals surface area contributed by atoms with E-state index in [0.717, 1.165) is 32.4 Å². The van der Waals surface area contributed by atoms with Crippen LogP contribution in [0, 0.1) is 0 Å². The number of carbonyl (C=O) groups is 1. The van der Waals surface area contributed by atoms with Gasteiger partial charge in [0, 0.05) is 13.2 Å². The average Bonchev–Trinajstić information content (AvgIpc) is 2.65. The zero-order valence-electron chi connectivity index (χ0n) is 17.9. The van der Waals surface area contributed by atoms with E-state index in [1.54, 1.807) is 0 Å². The zero-order chi connectivity index (χ0) is 20.2. The fourth-order valence-corrected chi connectivity index (χ4v) is 2.98. The van der Waals surface area contributed by atoms with Crippen molar-refractivity contribution in [3.63, 3.8) is 0 Å². The van der Waals surface area contributed by atoms with E-state index in [0.29, 0.717) is 19.6 Å². The van der Waals surface area contributed by atoms with Crippen molar-refractivity contribution in [1.29, 1.82) is 0 Å². The van der Waals surface area contributed by atoms with Crippen LogP contribution in [0.4, 0.5) is 0 Å². The number of nitrogens with two attached hydrogens (primary N) is 1. The van der Waals surface area contributed by atoms with Crippen LogP contribution in [0.3, 0.4) is 0 Å². The molecule has 0 heterocycles. The highest BCUT2D eigenvalue weighted by molar-refractivity contribution is 5.85. The van der Waals surface area contributed by atoms with Crippen molar-refractivity contribution in [2.45, 2.75) is 103 Å². The van der Waals surface area contributed by atoms with Gasteiger partial charge in [-0.3, -0.25) is 4.79 Å². The topological polar surface area (TPSA) is 105 Å². The molecule has 0 bridgehead atoms. The molecule has 0 aromatic carbocycles. The predicted octanol–water partition coefficient (Wildman–Crippen LogP) is 3.88. The molecule has 0 aliphatic carbocycles. The van der Waals surface area contributed by atoms with Crippen molar-refractivity contribution in [1.82, 2.24) is 5.32 Å². The molecular weight excluding hydrogens is 380 g/mol. The first kappa shape index (κ1) is 29.8. The Hall–Kier alpha value is -0.400. The molecule has 0 aromatic rings. The van der Waals surface area contributed by atoms with Gasteiger partial charge in [-0.05, 0) is 25.8 Å². The number of carboxylic acid groups (broad SMARTS) is 1. The molecule has 5 N–H and O–H groups in total. The smallest absolute Gasteiger partial charge is 0.320 e. The molecule has 2 atom stereocenters. The Bertz CT molecular complexity index is 336. The van der Waals surface area contributed by atoms with Crippen LogP contribution in [0.1, 0.15) is 90.4 Å². The number of unbranched alkanes of at least 4 members (excludes halogenated alkanes) is 10. The van der Waals surface area contributed by atoms with Crippen LogP contribution in [0.15, 0.2) is 0 Å². The van der Waals surface area contributed by atoms with Gasteiger partial charge in [0.2, 0.25) is 0 Å². The minimum atomic E-state index is -0.946. The Balaban J connectivity index is 0. The van der Waals surface area contributed by atoms with Gasteiger partial charge < -0.3 is 26.0 Å². The summed E-state index contributed by atoms with van der Waals surface area (Å²) in [6, 6.07) is -0.769. The van der Waals surface area contributed by atoms with E-state index in [4.69, 9.17) is 15.6 Å². The largest absolute Gasteiger partial charge is 0.480 e. The summed E-state index contributed by atoms with van der Waals surface area (Å²) in [5, 5.41) is 21.7. The minimum absolute atomic E-state index is 0. The SMILES string of the molecule is CCCCCCCCCCCCOCC(O)CNCCCC[C@H](N)C(=O)O.Cl. The molecule has 0 rings (SSSR count). The first-order chi connectivity index (χ1) is 13.1. The van der Waals surface area contributed by atoms with Crippen LogP contribution in [-0.4, -0.2) is 54.6 Å². The first-order valence-corrected chi connectivity index (χ1v) is 11.0. The molecule has 1 unspecified atom stereocenters. The number of halogens is 1. The number of aliphatic hydroxyl groups excluding tert-OH is 1. The van der Waals surface area contributed by atoms with Gasteiger partial charge >= 0.3 is 5.97 Å². The standard InChI is InChI=1S/C21H44N2O4.ClH/c1-2-3-4-5-6-7-8-9-10-13-16-27-18-19(24)17-23-15-12-11-14-20(22)21(25)26;/h19-20,23-24H,2-18,22H2,1H3,(H,25,26);1H/t19?,20-;/m0./s1. The molecule has 0 aromatic heterocycles. The molecule has 0 amide bonds. The Labute approximate surface area is 178 Å². The summed E-state index contributed by atoms with van der Waals surface area (Å²) in [5.41, 5.74) is 5.44. The van der Waals surface area contributed by atoms with E-state index in [9.17, 15) is 9.90 Å². The first-order valence-electron chi connectivity index (χ1n) is 11.0. The van der Waals surface area contributed by atoms with Gasteiger partial charge in [-0.25, -0.2) is 0 Å². The molecule has 0 radical (unpaired) electrons. The van der Waals surface area contributed by atoms with E-state index in [1.165, 1.54) is 57.8 Å². The van der Waals surface area contributed by atoms with Gasteiger partial charge in [0.1, 0.15) is 6.04 Å². The van der Waals surface area contributed by atoms with Gasteiger partial charge in [0.25, 0.3) is 0 Å². The third-order valence-corrected chi connectivity index (χ3v) is 4.77. The van der Waals surface area contributed by atoms with Gasteiger partial charge in [0.05, 0.1) is 12.7 Å². The fraction of sp³-hybridized carbons (Fsp3) is 0.952. The van der Waals surface area contributed by atoms with Crippen LogP contribution in [0.25, 0.3) is 0 Å². The molecule has 28 heavy (non-hydrogen) atoms. The van der Waals surface area contributed by atoms with Crippen LogP contribution in [0.2, 0.25) is 0 Å². The number of aliphatic carboxylic acids is 1. The molecule has 170 valence electrons. The second kappa shape index (κ2) is 22.9. The van der Waals surface area contributed by atoms with Crippen molar-refractivity contribution >= 4 is 18.4 Å². The predicted molar refractivity (Wildman–Crippen MR) is 118 cm³/mol.